The van der Waals surface area contributed by atoms with Crippen molar-refractivity contribution in [3.8, 4) is 17.2 Å². The third-order valence-corrected chi connectivity index (χ3v) is 4.47. The third kappa shape index (κ3) is 4.48. The van der Waals surface area contributed by atoms with Crippen LogP contribution in [0.1, 0.15) is 18.1 Å². The summed E-state index contributed by atoms with van der Waals surface area (Å²) >= 11 is 0. The number of aromatic nitrogens is 3. The van der Waals surface area contributed by atoms with E-state index in [0.29, 0.717) is 34.7 Å². The molecule has 0 saturated carbocycles. The van der Waals surface area contributed by atoms with Crippen LogP contribution >= 0.6 is 0 Å². The molecule has 0 radical (unpaired) electrons. The Balaban J connectivity index is 1.88. The molecule has 0 saturated heterocycles. The van der Waals surface area contributed by atoms with E-state index in [1.54, 1.807) is 39.7 Å². The zero-order valence-corrected chi connectivity index (χ0v) is 17.2. The largest absolute Gasteiger partial charge is 0.493 e. The second-order valence-electron chi connectivity index (χ2n) is 6.29. The molecule has 1 aromatic heterocycles. The highest BCUT2D eigenvalue weighted by molar-refractivity contribution is 5.67. The molecule has 0 amide bonds. The Morgan fingerprint density at radius 2 is 1.69 bits per heavy atom. The van der Waals surface area contributed by atoms with Crippen molar-refractivity contribution in [3.63, 3.8) is 0 Å². The molecule has 0 spiro atoms. The van der Waals surface area contributed by atoms with E-state index in [4.69, 9.17) is 14.2 Å². The molecule has 0 fully saturated rings. The van der Waals surface area contributed by atoms with Crippen molar-refractivity contribution < 1.29 is 14.2 Å². The SMILES string of the molecule is CCc1cccc(C)c1Nc1cnnc(Nc2cc(OC)c(OC)c(OC)c2)n1. The maximum absolute atomic E-state index is 5.38. The standard InChI is InChI=1S/C21H25N5O3/c1-6-14-9-7-8-13(2)19(14)24-18-12-22-26-21(25-18)23-15-10-16(27-3)20(29-5)17(11-15)28-4/h7-12H,6H2,1-5H3,(H2,23,24,25,26). The van der Waals surface area contributed by atoms with E-state index in [1.807, 2.05) is 0 Å². The van der Waals surface area contributed by atoms with E-state index in [-0.39, 0.29) is 0 Å². The first-order valence-electron chi connectivity index (χ1n) is 9.21. The summed E-state index contributed by atoms with van der Waals surface area (Å²) in [5.41, 5.74) is 4.07. The molecule has 8 nitrogen and oxygen atoms in total. The average Bonchev–Trinajstić information content (AvgIpc) is 2.74. The van der Waals surface area contributed by atoms with Gasteiger partial charge in [-0.25, -0.2) is 0 Å². The van der Waals surface area contributed by atoms with E-state index < -0.39 is 0 Å². The van der Waals surface area contributed by atoms with Gasteiger partial charge in [-0.2, -0.15) is 10.1 Å². The monoisotopic (exact) mass is 395 g/mol. The third-order valence-electron chi connectivity index (χ3n) is 4.47. The normalized spacial score (nSPS) is 10.4. The highest BCUT2D eigenvalue weighted by atomic mass is 16.5. The highest BCUT2D eigenvalue weighted by Crippen LogP contribution is 2.40. The molecule has 152 valence electrons. The van der Waals surface area contributed by atoms with Crippen molar-refractivity contribution in [2.45, 2.75) is 20.3 Å². The van der Waals surface area contributed by atoms with E-state index in [0.717, 1.165) is 17.7 Å². The first-order valence-corrected chi connectivity index (χ1v) is 9.21. The minimum absolute atomic E-state index is 0.343. The van der Waals surface area contributed by atoms with Crippen molar-refractivity contribution in [3.05, 3.63) is 47.7 Å². The maximum atomic E-state index is 5.38. The molecule has 1 heterocycles. The van der Waals surface area contributed by atoms with Crippen molar-refractivity contribution in [1.82, 2.24) is 15.2 Å². The lowest BCUT2D eigenvalue weighted by Crippen LogP contribution is -2.05. The van der Waals surface area contributed by atoms with Crippen molar-refractivity contribution >= 4 is 23.1 Å². The summed E-state index contributed by atoms with van der Waals surface area (Å²) in [6, 6.07) is 9.77. The van der Waals surface area contributed by atoms with E-state index in [2.05, 4.69) is 57.9 Å². The minimum Gasteiger partial charge on any atom is -0.493 e. The van der Waals surface area contributed by atoms with Crippen LogP contribution in [0.2, 0.25) is 0 Å². The number of anilines is 4. The fraction of sp³-hybridized carbons (Fsp3) is 0.286. The van der Waals surface area contributed by atoms with Crippen LogP contribution in [0.4, 0.5) is 23.1 Å². The van der Waals surface area contributed by atoms with Gasteiger partial charge in [-0.15, -0.1) is 5.10 Å². The van der Waals surface area contributed by atoms with Gasteiger partial charge in [-0.1, -0.05) is 25.1 Å². The van der Waals surface area contributed by atoms with Crippen LogP contribution in [0.25, 0.3) is 0 Å². The van der Waals surface area contributed by atoms with Crippen LogP contribution < -0.4 is 24.8 Å². The summed E-state index contributed by atoms with van der Waals surface area (Å²) in [4.78, 5) is 4.52. The molecule has 2 aromatic carbocycles. The Hall–Kier alpha value is -3.55. The van der Waals surface area contributed by atoms with Gasteiger partial charge in [0.15, 0.2) is 17.3 Å². The maximum Gasteiger partial charge on any atom is 0.249 e. The zero-order valence-electron chi connectivity index (χ0n) is 17.2. The Labute approximate surface area is 170 Å². The molecule has 0 aliphatic carbocycles. The molecular weight excluding hydrogens is 370 g/mol. The lowest BCUT2D eigenvalue weighted by atomic mass is 10.1. The quantitative estimate of drug-likeness (QED) is 0.585. The van der Waals surface area contributed by atoms with Crippen LogP contribution in [0.5, 0.6) is 17.2 Å². The number of rotatable bonds is 8. The van der Waals surface area contributed by atoms with Gasteiger partial charge < -0.3 is 24.8 Å². The summed E-state index contributed by atoms with van der Waals surface area (Å²) in [5.74, 6) is 2.52. The molecule has 0 aliphatic heterocycles. The Morgan fingerprint density at radius 3 is 2.31 bits per heavy atom. The molecule has 0 unspecified atom stereocenters. The number of para-hydroxylation sites is 1. The van der Waals surface area contributed by atoms with Crippen molar-refractivity contribution in [2.24, 2.45) is 0 Å². The first-order chi connectivity index (χ1) is 14.1. The van der Waals surface area contributed by atoms with Gasteiger partial charge in [-0.05, 0) is 24.5 Å². The summed E-state index contributed by atoms with van der Waals surface area (Å²) in [6.07, 6.45) is 2.51. The van der Waals surface area contributed by atoms with Gasteiger partial charge in [0.1, 0.15) is 0 Å². The zero-order chi connectivity index (χ0) is 20.8. The lowest BCUT2D eigenvalue weighted by molar-refractivity contribution is 0.324. The molecule has 29 heavy (non-hydrogen) atoms. The molecule has 8 heteroatoms. The van der Waals surface area contributed by atoms with Crippen LogP contribution in [-0.4, -0.2) is 36.5 Å². The number of benzene rings is 2. The van der Waals surface area contributed by atoms with Crippen LogP contribution in [0, 0.1) is 6.92 Å². The van der Waals surface area contributed by atoms with Crippen LogP contribution in [0.15, 0.2) is 36.5 Å². The number of hydrogen-bond acceptors (Lipinski definition) is 8. The van der Waals surface area contributed by atoms with Crippen molar-refractivity contribution in [1.29, 1.82) is 0 Å². The van der Waals surface area contributed by atoms with Crippen LogP contribution in [0.3, 0.4) is 0 Å². The van der Waals surface area contributed by atoms with E-state index in [1.165, 1.54) is 5.56 Å². The van der Waals surface area contributed by atoms with Gasteiger partial charge in [-0.3, -0.25) is 0 Å². The molecule has 2 N–H and O–H groups in total. The molecule has 0 aliphatic rings. The molecule has 3 aromatic rings. The Kier molecular flexibility index (Phi) is 6.33. The first kappa shape index (κ1) is 20.2. The van der Waals surface area contributed by atoms with Crippen molar-refractivity contribution in [2.75, 3.05) is 32.0 Å². The van der Waals surface area contributed by atoms with Gasteiger partial charge in [0.05, 0.1) is 27.5 Å². The number of nitrogens with zero attached hydrogens (tertiary/aromatic N) is 3. The molecule has 0 atom stereocenters. The smallest absolute Gasteiger partial charge is 0.249 e. The molecule has 0 bridgehead atoms. The second kappa shape index (κ2) is 9.09. The highest BCUT2D eigenvalue weighted by Gasteiger charge is 2.14. The predicted molar refractivity (Wildman–Crippen MR) is 113 cm³/mol. The number of aryl methyl sites for hydroxylation is 2. The number of ether oxygens (including phenoxy) is 3. The summed E-state index contributed by atoms with van der Waals surface area (Å²) in [6.45, 7) is 4.18. The van der Waals surface area contributed by atoms with Gasteiger partial charge in [0.2, 0.25) is 11.7 Å². The number of hydrogen-bond donors (Lipinski definition) is 2. The van der Waals surface area contributed by atoms with Crippen LogP contribution in [-0.2, 0) is 6.42 Å². The average molecular weight is 395 g/mol. The molecular formula is C21H25N5O3. The van der Waals surface area contributed by atoms with Gasteiger partial charge >= 0.3 is 0 Å². The number of methoxy groups -OCH3 is 3. The second-order valence-corrected chi connectivity index (χ2v) is 6.29. The Morgan fingerprint density at radius 1 is 0.966 bits per heavy atom. The topological polar surface area (TPSA) is 90.4 Å². The fourth-order valence-electron chi connectivity index (χ4n) is 3.03. The minimum atomic E-state index is 0.343. The predicted octanol–water partition coefficient (Wildman–Crippen LogP) is 4.26. The van der Waals surface area contributed by atoms with E-state index in [9.17, 15) is 0 Å². The molecule has 3 rings (SSSR count). The van der Waals surface area contributed by atoms with Gasteiger partial charge in [0.25, 0.3) is 0 Å². The number of nitrogens with one attached hydrogen (secondary N) is 2. The fourth-order valence-corrected chi connectivity index (χ4v) is 3.03. The summed E-state index contributed by atoms with van der Waals surface area (Å²) in [7, 11) is 4.69. The summed E-state index contributed by atoms with van der Waals surface area (Å²) < 4.78 is 16.1. The lowest BCUT2D eigenvalue weighted by Gasteiger charge is -2.15. The summed E-state index contributed by atoms with van der Waals surface area (Å²) in [5, 5.41) is 14.6. The van der Waals surface area contributed by atoms with Gasteiger partial charge in [0, 0.05) is 23.5 Å². The Bertz CT molecular complexity index is 969. The van der Waals surface area contributed by atoms with E-state index >= 15 is 0 Å².